The van der Waals surface area contributed by atoms with Gasteiger partial charge in [0.05, 0.1) is 72.8 Å². The Hall–Kier alpha value is -4.52. The van der Waals surface area contributed by atoms with Gasteiger partial charge in [-0.05, 0) is 81.5 Å². The second-order valence-corrected chi connectivity index (χ2v) is 23.0. The van der Waals surface area contributed by atoms with Crippen LogP contribution in [0.2, 0.25) is 0 Å². The Morgan fingerprint density at radius 1 is 0.714 bits per heavy atom. The molecule has 388 valence electrons. The van der Waals surface area contributed by atoms with E-state index in [1.54, 1.807) is 37.0 Å². The highest BCUT2D eigenvalue weighted by atomic mass is 32.2. The van der Waals surface area contributed by atoms with Gasteiger partial charge in [-0.2, -0.15) is 38.2 Å². The molecule has 27 heteroatoms. The number of fused-ring (bicyclic) bond motifs is 2. The largest absolute Gasteiger partial charge is 0.382 e. The Kier molecular flexibility index (Phi) is 18.8. The normalized spacial score (nSPS) is 20.4. The minimum atomic E-state index is -4.74. The van der Waals surface area contributed by atoms with E-state index in [1.807, 2.05) is 4.58 Å². The smallest absolute Gasteiger partial charge is 0.335 e. The number of carbonyl (C=O) groups excluding carboxylic acids is 3. The van der Waals surface area contributed by atoms with Crippen molar-refractivity contribution in [3.8, 4) is 0 Å². The molecule has 3 aliphatic rings. The zero-order valence-corrected chi connectivity index (χ0v) is 42.0. The number of imide groups is 1. The highest BCUT2D eigenvalue weighted by Gasteiger charge is 2.49. The molecule has 5 rings (SSSR count). The maximum absolute atomic E-state index is 12.4. The zero-order chi connectivity index (χ0) is 51.7. The first-order valence-corrected chi connectivity index (χ1v) is 28.0. The number of ether oxygens (including phenoxy) is 4. The van der Waals surface area contributed by atoms with Crippen LogP contribution in [-0.2, 0) is 89.5 Å². The van der Waals surface area contributed by atoms with Gasteiger partial charge in [0.1, 0.15) is 6.61 Å². The lowest BCUT2D eigenvalue weighted by Crippen LogP contribution is -2.33. The Morgan fingerprint density at radius 2 is 1.26 bits per heavy atom. The molecule has 4 N–H and O–H groups in total. The Bertz CT molecular complexity index is 2830. The molecule has 2 aromatic rings. The van der Waals surface area contributed by atoms with Crippen LogP contribution in [0.3, 0.4) is 0 Å². The molecule has 0 spiro atoms. The molecule has 2 unspecified atom stereocenters. The lowest BCUT2D eigenvalue weighted by atomic mass is 9.75. The van der Waals surface area contributed by atoms with Crippen molar-refractivity contribution < 1.29 is 94.6 Å². The van der Waals surface area contributed by atoms with Crippen LogP contribution in [0.4, 0.5) is 11.4 Å². The van der Waals surface area contributed by atoms with Gasteiger partial charge < -0.3 is 28.7 Å². The summed E-state index contributed by atoms with van der Waals surface area (Å²) >= 11 is 0. The number of carbonyl (C=O) groups is 3. The van der Waals surface area contributed by atoms with Crippen molar-refractivity contribution in [3.63, 3.8) is 0 Å². The minimum Gasteiger partial charge on any atom is -0.382 e. The average molecular weight is 1070 g/mol. The first-order chi connectivity index (χ1) is 32.7. The maximum atomic E-state index is 12.4. The van der Waals surface area contributed by atoms with Crippen molar-refractivity contribution in [3.05, 3.63) is 71.5 Å². The first kappa shape index (κ1) is 56.4. The summed E-state index contributed by atoms with van der Waals surface area (Å²) in [6, 6.07) is 7.97. The summed E-state index contributed by atoms with van der Waals surface area (Å²) in [5.41, 5.74) is 0.440. The molecule has 1 saturated heterocycles. The second kappa shape index (κ2) is 23.4. The van der Waals surface area contributed by atoms with Crippen molar-refractivity contribution in [1.29, 1.82) is 0 Å². The Labute approximate surface area is 407 Å². The quantitative estimate of drug-likeness (QED) is 0.0412. The fraction of sp³-hybridized carbons (Fsp3) is 0.535. The van der Waals surface area contributed by atoms with Gasteiger partial charge in [-0.1, -0.05) is 6.08 Å². The molecule has 0 aliphatic carbocycles. The van der Waals surface area contributed by atoms with Gasteiger partial charge in [-0.15, -0.1) is 5.06 Å². The number of nitrogens with zero attached hydrogens (tertiary/aromatic N) is 3. The summed E-state index contributed by atoms with van der Waals surface area (Å²) in [6.07, 6.45) is 4.60. The van der Waals surface area contributed by atoms with Crippen LogP contribution < -0.4 is 4.90 Å². The summed E-state index contributed by atoms with van der Waals surface area (Å²) in [5.74, 6) is -3.33. The Balaban J connectivity index is 1.51. The van der Waals surface area contributed by atoms with E-state index in [1.165, 1.54) is 43.5 Å². The fourth-order valence-electron chi connectivity index (χ4n) is 8.68. The highest BCUT2D eigenvalue weighted by Crippen LogP contribution is 2.51. The van der Waals surface area contributed by atoms with Gasteiger partial charge in [-0.25, -0.2) is 4.79 Å². The molecule has 23 nitrogen and oxygen atoms in total. The van der Waals surface area contributed by atoms with Crippen LogP contribution in [-0.4, -0.2) is 163 Å². The molecule has 2 atom stereocenters. The number of hydroxylamine groups is 2. The van der Waals surface area contributed by atoms with Gasteiger partial charge >= 0.3 is 5.97 Å². The summed E-state index contributed by atoms with van der Waals surface area (Å²) in [6.45, 7) is 4.44. The molecule has 70 heavy (non-hydrogen) atoms. The van der Waals surface area contributed by atoms with E-state index in [9.17, 15) is 66.3 Å². The Morgan fingerprint density at radius 3 is 1.84 bits per heavy atom. The SMILES string of the molecule is COCCOCC[N+]1=C(/C=C/C=C2/N(CCOCCOCCC(=O)ON3C(=O)CCC3=O)c3ccc(S(=O)(=O)O)cc3C2(C)CCCS(=O)(=O)O)C(C)(CCCS(=O)(=O)O)c2cc(S(=O)(=O)O)ccc21. The topological polar surface area (TPSA) is 324 Å². The number of benzene rings is 2. The van der Waals surface area contributed by atoms with E-state index in [-0.39, 0.29) is 97.7 Å². The number of hydrogen-bond acceptors (Lipinski definition) is 17. The van der Waals surface area contributed by atoms with Gasteiger partial charge in [0.15, 0.2) is 12.3 Å². The molecule has 0 bridgehead atoms. The molecule has 3 heterocycles. The molecule has 1 fully saturated rings. The summed E-state index contributed by atoms with van der Waals surface area (Å²) in [4.78, 5) is 41.4. The van der Waals surface area contributed by atoms with Gasteiger partial charge in [0.25, 0.3) is 52.3 Å². The van der Waals surface area contributed by atoms with Crippen molar-refractivity contribution >= 4 is 75.3 Å². The average Bonchev–Trinajstić information content (AvgIpc) is 3.78. The lowest BCUT2D eigenvalue weighted by molar-refractivity contribution is -0.442. The molecule has 0 aromatic heterocycles. The molecule has 3 aliphatic heterocycles. The maximum Gasteiger partial charge on any atom is 0.335 e. The van der Waals surface area contributed by atoms with Gasteiger partial charge in [-0.3, -0.25) is 27.8 Å². The van der Waals surface area contributed by atoms with Crippen LogP contribution in [0.15, 0.2) is 70.1 Å². The van der Waals surface area contributed by atoms with E-state index >= 15 is 0 Å². The van der Waals surface area contributed by atoms with Crippen LogP contribution in [0, 0.1) is 0 Å². The number of hydrogen-bond donors (Lipinski definition) is 4. The van der Waals surface area contributed by atoms with Crippen molar-refractivity contribution in [2.75, 3.05) is 82.9 Å². The van der Waals surface area contributed by atoms with Crippen molar-refractivity contribution in [2.24, 2.45) is 0 Å². The van der Waals surface area contributed by atoms with Gasteiger partial charge in [0, 0.05) is 61.0 Å². The van der Waals surface area contributed by atoms with Gasteiger partial charge in [0.2, 0.25) is 5.69 Å². The number of allylic oxidation sites excluding steroid dienone is 4. The lowest BCUT2D eigenvalue weighted by Gasteiger charge is -2.30. The monoisotopic (exact) mass is 1060 g/mol. The van der Waals surface area contributed by atoms with Crippen LogP contribution in [0.1, 0.15) is 69.9 Å². The van der Waals surface area contributed by atoms with Crippen LogP contribution in [0.5, 0.6) is 0 Å². The van der Waals surface area contributed by atoms with Crippen LogP contribution >= 0.6 is 0 Å². The molecular weight excluding hydrogens is 1010 g/mol. The number of methoxy groups -OCH3 is 1. The van der Waals surface area contributed by atoms with E-state index in [0.717, 1.165) is 0 Å². The molecule has 2 aromatic carbocycles. The number of anilines is 1. The summed E-state index contributed by atoms with van der Waals surface area (Å²) in [5, 5.41) is 0.436. The molecule has 0 saturated carbocycles. The molecule has 0 radical (unpaired) electrons. The van der Waals surface area contributed by atoms with E-state index < -0.39 is 90.4 Å². The molecule has 2 amide bonds. The highest BCUT2D eigenvalue weighted by molar-refractivity contribution is 7.86. The zero-order valence-electron chi connectivity index (χ0n) is 38.7. The second-order valence-electron chi connectivity index (χ2n) is 17.0. The third-order valence-corrected chi connectivity index (χ3v) is 15.4. The van der Waals surface area contributed by atoms with E-state index in [2.05, 4.69) is 0 Å². The number of amides is 2. The minimum absolute atomic E-state index is 0.0194. The predicted octanol–water partition coefficient (Wildman–Crippen LogP) is 2.78. The van der Waals surface area contributed by atoms with Crippen molar-refractivity contribution in [1.82, 2.24) is 5.06 Å². The molecular formula is C43H58N3O20S4+. The standard InChI is InChI=1S/C43H57N3O20S4/c1-42(16-5-27-67(50,51)52)33-29-31(69(56,57)58)9-11-35(33)44(18-21-64-24-23-62-3)37(42)7-4-8-38-43(2,17-6-28-68(53,54)55)34-30-32(70(59,60)61)10-12-36(34)45(38)19-22-65-26-25-63-20-15-41(49)66-46-39(47)13-14-40(46)48/h4,7-12,29-30H,5-6,13-28H2,1-3H3,(H3-,50,51,52,53,54,55,56,57,58,59,60,61)/p+1. The van der Waals surface area contributed by atoms with E-state index in [0.29, 0.717) is 45.6 Å². The third kappa shape index (κ3) is 14.6. The first-order valence-electron chi connectivity index (χ1n) is 21.9. The number of rotatable bonds is 28. The predicted molar refractivity (Wildman–Crippen MR) is 249 cm³/mol. The van der Waals surface area contributed by atoms with Crippen molar-refractivity contribution in [2.45, 2.75) is 79.4 Å². The summed E-state index contributed by atoms with van der Waals surface area (Å²) < 4.78 is 161. The van der Waals surface area contributed by atoms with Crippen LogP contribution in [0.25, 0.3) is 0 Å². The van der Waals surface area contributed by atoms with E-state index in [4.69, 9.17) is 23.8 Å². The fourth-order valence-corrected chi connectivity index (χ4v) is 10.7. The summed E-state index contributed by atoms with van der Waals surface area (Å²) in [7, 11) is -16.8. The third-order valence-electron chi connectivity index (χ3n) is 12.1.